The maximum atomic E-state index is 12.7. The average Bonchev–Trinajstić information content (AvgIpc) is 3.37. The number of thiophene rings is 1. The van der Waals surface area contributed by atoms with Crippen LogP contribution < -0.4 is 14.8 Å². The Balaban J connectivity index is 1.75. The molecule has 1 aromatic carbocycles. The summed E-state index contributed by atoms with van der Waals surface area (Å²) in [6.45, 7) is 5.00. The number of methoxy groups -OCH3 is 1. The van der Waals surface area contributed by atoms with Gasteiger partial charge in [0.15, 0.2) is 23.0 Å². The predicted octanol–water partition coefficient (Wildman–Crippen LogP) is 4.87. The van der Waals surface area contributed by atoms with Crippen molar-refractivity contribution in [3.05, 3.63) is 63.9 Å². The second-order valence-corrected chi connectivity index (χ2v) is 7.72. The van der Waals surface area contributed by atoms with Crippen molar-refractivity contribution in [1.82, 2.24) is 0 Å². The molecule has 1 N–H and O–H groups in total. The third-order valence-electron chi connectivity index (χ3n) is 4.50. The molecule has 0 aliphatic carbocycles. The lowest BCUT2D eigenvalue weighted by atomic mass is 10.1. The third kappa shape index (κ3) is 5.00. The van der Waals surface area contributed by atoms with Gasteiger partial charge in [-0.25, -0.2) is 4.79 Å². The lowest BCUT2D eigenvalue weighted by Gasteiger charge is -2.08. The number of ketones is 1. The van der Waals surface area contributed by atoms with Crippen LogP contribution in [0.4, 0.5) is 5.00 Å². The number of para-hydroxylation sites is 2. The molecule has 0 saturated carbocycles. The number of benzene rings is 1. The van der Waals surface area contributed by atoms with E-state index in [0.29, 0.717) is 27.7 Å². The molecule has 0 spiro atoms. The summed E-state index contributed by atoms with van der Waals surface area (Å²) in [5.74, 6) is 0.227. The van der Waals surface area contributed by atoms with E-state index in [4.69, 9.17) is 18.6 Å². The number of carbonyl (C=O) groups excluding carboxylic acids is 3. The summed E-state index contributed by atoms with van der Waals surface area (Å²) in [6, 6.07) is 10.3. The van der Waals surface area contributed by atoms with Crippen LogP contribution in [0.3, 0.4) is 0 Å². The molecule has 2 heterocycles. The van der Waals surface area contributed by atoms with Gasteiger partial charge in [0, 0.05) is 0 Å². The van der Waals surface area contributed by atoms with E-state index in [1.165, 1.54) is 13.0 Å². The molecule has 0 aliphatic heterocycles. The zero-order chi connectivity index (χ0) is 23.3. The largest absolute Gasteiger partial charge is 0.493 e. The number of hydrogen-bond donors (Lipinski definition) is 1. The van der Waals surface area contributed by atoms with E-state index >= 15 is 0 Å². The first-order valence-electron chi connectivity index (χ1n) is 9.83. The fourth-order valence-corrected chi connectivity index (χ4v) is 4.10. The Hall–Kier alpha value is -3.59. The van der Waals surface area contributed by atoms with E-state index < -0.39 is 11.9 Å². The van der Waals surface area contributed by atoms with Gasteiger partial charge in [-0.1, -0.05) is 12.1 Å². The SMILES string of the molecule is CCOC(=O)c1c(NC(=O)c2ccc(COc3ccccc3OC)o2)sc(C(C)=O)c1C. The molecule has 3 aromatic rings. The maximum Gasteiger partial charge on any atom is 0.341 e. The van der Waals surface area contributed by atoms with E-state index in [1.807, 2.05) is 12.1 Å². The third-order valence-corrected chi connectivity index (χ3v) is 5.81. The van der Waals surface area contributed by atoms with Gasteiger partial charge in [0.1, 0.15) is 17.4 Å². The van der Waals surface area contributed by atoms with Crippen LogP contribution in [0.25, 0.3) is 0 Å². The lowest BCUT2D eigenvalue weighted by Crippen LogP contribution is -2.14. The van der Waals surface area contributed by atoms with Gasteiger partial charge in [0.2, 0.25) is 0 Å². The summed E-state index contributed by atoms with van der Waals surface area (Å²) >= 11 is 1.03. The Morgan fingerprint density at radius 2 is 1.81 bits per heavy atom. The highest BCUT2D eigenvalue weighted by atomic mass is 32.1. The van der Waals surface area contributed by atoms with Crippen molar-refractivity contribution in [3.8, 4) is 11.5 Å². The number of hydrogen-bond acceptors (Lipinski definition) is 8. The molecule has 1 amide bonds. The quantitative estimate of drug-likeness (QED) is 0.361. The number of carbonyl (C=O) groups is 3. The van der Waals surface area contributed by atoms with Crippen LogP contribution >= 0.6 is 11.3 Å². The average molecular weight is 458 g/mol. The summed E-state index contributed by atoms with van der Waals surface area (Å²) in [5, 5.41) is 2.90. The standard InChI is InChI=1S/C23H23NO7S/c1-5-29-23(27)19-13(2)20(14(3)25)32-22(19)24-21(26)18-11-10-15(31-18)12-30-17-9-7-6-8-16(17)28-4/h6-11H,5,12H2,1-4H3,(H,24,26). The van der Waals surface area contributed by atoms with E-state index in [1.54, 1.807) is 39.2 Å². The molecule has 168 valence electrons. The number of furan rings is 1. The van der Waals surface area contributed by atoms with Gasteiger partial charge in [-0.05, 0) is 50.6 Å². The van der Waals surface area contributed by atoms with Gasteiger partial charge in [0.05, 0.1) is 24.2 Å². The Kier molecular flexibility index (Phi) is 7.32. The van der Waals surface area contributed by atoms with Gasteiger partial charge in [-0.15, -0.1) is 11.3 Å². The summed E-state index contributed by atoms with van der Waals surface area (Å²) in [6.07, 6.45) is 0. The minimum Gasteiger partial charge on any atom is -0.493 e. The number of anilines is 1. The molecule has 0 bridgehead atoms. The normalized spacial score (nSPS) is 10.5. The Morgan fingerprint density at radius 3 is 2.47 bits per heavy atom. The summed E-state index contributed by atoms with van der Waals surface area (Å²) in [7, 11) is 1.55. The maximum absolute atomic E-state index is 12.7. The van der Waals surface area contributed by atoms with E-state index in [9.17, 15) is 14.4 Å². The van der Waals surface area contributed by atoms with Gasteiger partial charge < -0.3 is 23.9 Å². The first-order chi connectivity index (χ1) is 15.3. The van der Waals surface area contributed by atoms with Crippen molar-refractivity contribution in [2.75, 3.05) is 19.0 Å². The van der Waals surface area contributed by atoms with Gasteiger partial charge in [-0.2, -0.15) is 0 Å². The zero-order valence-electron chi connectivity index (χ0n) is 18.1. The van der Waals surface area contributed by atoms with Crippen LogP contribution in [0, 0.1) is 6.92 Å². The molecule has 0 saturated heterocycles. The lowest BCUT2D eigenvalue weighted by molar-refractivity contribution is 0.0527. The van der Waals surface area contributed by atoms with Crippen molar-refractivity contribution in [2.24, 2.45) is 0 Å². The van der Waals surface area contributed by atoms with Gasteiger partial charge >= 0.3 is 5.97 Å². The summed E-state index contributed by atoms with van der Waals surface area (Å²) < 4.78 is 21.6. The smallest absolute Gasteiger partial charge is 0.341 e. The molecule has 3 rings (SSSR count). The monoisotopic (exact) mass is 457 g/mol. The Labute approximate surface area is 189 Å². The van der Waals surface area contributed by atoms with Crippen molar-refractivity contribution in [1.29, 1.82) is 0 Å². The second kappa shape index (κ2) is 10.1. The first-order valence-corrected chi connectivity index (χ1v) is 10.6. The highest BCUT2D eigenvalue weighted by Gasteiger charge is 2.26. The molecular weight excluding hydrogens is 434 g/mol. The molecule has 9 heteroatoms. The van der Waals surface area contributed by atoms with Crippen LogP contribution in [0.2, 0.25) is 0 Å². The van der Waals surface area contributed by atoms with Gasteiger partial charge in [0.25, 0.3) is 5.91 Å². The van der Waals surface area contributed by atoms with Crippen LogP contribution in [-0.4, -0.2) is 31.4 Å². The van der Waals surface area contributed by atoms with E-state index in [2.05, 4.69) is 5.32 Å². The van der Waals surface area contributed by atoms with Crippen LogP contribution in [-0.2, 0) is 11.3 Å². The van der Waals surface area contributed by atoms with Crippen LogP contribution in [0.5, 0.6) is 11.5 Å². The number of rotatable bonds is 9. The van der Waals surface area contributed by atoms with Gasteiger partial charge in [-0.3, -0.25) is 9.59 Å². The minimum atomic E-state index is -0.602. The number of Topliss-reactive ketones (excluding diaryl/α,β-unsaturated/α-hetero) is 1. The molecule has 0 fully saturated rings. The van der Waals surface area contributed by atoms with E-state index in [0.717, 1.165) is 11.3 Å². The summed E-state index contributed by atoms with van der Waals surface area (Å²) in [4.78, 5) is 37.4. The second-order valence-electron chi connectivity index (χ2n) is 6.70. The molecular formula is C23H23NO7S. The molecule has 0 radical (unpaired) electrons. The molecule has 0 atom stereocenters. The van der Waals surface area contributed by atoms with Crippen molar-refractivity contribution in [2.45, 2.75) is 27.4 Å². The van der Waals surface area contributed by atoms with E-state index in [-0.39, 0.29) is 35.3 Å². The molecule has 32 heavy (non-hydrogen) atoms. The van der Waals surface area contributed by atoms with Crippen LogP contribution in [0.1, 0.15) is 55.8 Å². The Morgan fingerprint density at radius 1 is 1.09 bits per heavy atom. The van der Waals surface area contributed by atoms with Crippen molar-refractivity contribution < 1.29 is 33.0 Å². The first kappa shape index (κ1) is 23.1. The number of esters is 1. The fourth-order valence-electron chi connectivity index (χ4n) is 3.02. The molecule has 8 nitrogen and oxygen atoms in total. The van der Waals surface area contributed by atoms with Crippen molar-refractivity contribution in [3.63, 3.8) is 0 Å². The van der Waals surface area contributed by atoms with Crippen molar-refractivity contribution >= 4 is 34.0 Å². The number of nitrogens with one attached hydrogen (secondary N) is 1. The zero-order valence-corrected chi connectivity index (χ0v) is 19.0. The summed E-state index contributed by atoms with van der Waals surface area (Å²) in [5.41, 5.74) is 0.642. The molecule has 0 unspecified atom stereocenters. The highest BCUT2D eigenvalue weighted by Crippen LogP contribution is 2.34. The Bertz CT molecular complexity index is 1150. The van der Waals surface area contributed by atoms with Crippen LogP contribution in [0.15, 0.2) is 40.8 Å². The minimum absolute atomic E-state index is 0.0360. The highest BCUT2D eigenvalue weighted by molar-refractivity contribution is 7.18. The number of ether oxygens (including phenoxy) is 3. The topological polar surface area (TPSA) is 104 Å². The molecule has 2 aromatic heterocycles. The molecule has 0 aliphatic rings. The number of amides is 1. The predicted molar refractivity (Wildman–Crippen MR) is 119 cm³/mol. The fraction of sp³-hybridized carbons (Fsp3) is 0.261.